The Hall–Kier alpha value is -3.85. The van der Waals surface area contributed by atoms with E-state index in [-0.39, 0.29) is 34.0 Å². The molecule has 8 nitrogen and oxygen atoms in total. The summed E-state index contributed by atoms with van der Waals surface area (Å²) in [5.74, 6) is -1.76. The van der Waals surface area contributed by atoms with E-state index < -0.39 is 21.9 Å². The van der Waals surface area contributed by atoms with Crippen LogP contribution in [-0.2, 0) is 16.6 Å². The van der Waals surface area contributed by atoms with Gasteiger partial charge in [-0.05, 0) is 42.8 Å². The lowest BCUT2D eigenvalue weighted by Gasteiger charge is -2.15. The van der Waals surface area contributed by atoms with Gasteiger partial charge in [-0.2, -0.15) is 0 Å². The van der Waals surface area contributed by atoms with E-state index in [9.17, 15) is 23.1 Å². The average molecular weight is 455 g/mol. The number of carbonyl (C=O) groups is 2. The van der Waals surface area contributed by atoms with Crippen LogP contribution >= 0.6 is 0 Å². The molecule has 0 bridgehead atoms. The molecule has 3 N–H and O–H groups in total. The van der Waals surface area contributed by atoms with Gasteiger partial charge in [-0.25, -0.2) is 13.2 Å². The summed E-state index contributed by atoms with van der Waals surface area (Å²) in [5, 5.41) is 12.0. The van der Waals surface area contributed by atoms with Gasteiger partial charge in [0.1, 0.15) is 10.6 Å². The summed E-state index contributed by atoms with van der Waals surface area (Å²) in [6.07, 6.45) is 0. The fourth-order valence-electron chi connectivity index (χ4n) is 2.97. The molecule has 0 aliphatic rings. The van der Waals surface area contributed by atoms with E-state index >= 15 is 0 Å². The van der Waals surface area contributed by atoms with Gasteiger partial charge in [0.05, 0.1) is 23.9 Å². The first-order chi connectivity index (χ1) is 15.2. The van der Waals surface area contributed by atoms with Gasteiger partial charge in [-0.1, -0.05) is 42.0 Å². The Balaban J connectivity index is 1.87. The number of hydrogen-bond acceptors (Lipinski definition) is 5. The molecule has 0 heterocycles. The zero-order valence-corrected chi connectivity index (χ0v) is 18.3. The van der Waals surface area contributed by atoms with Gasteiger partial charge in [-0.3, -0.25) is 9.52 Å². The molecule has 0 spiro atoms. The minimum absolute atomic E-state index is 0.0243. The standard InChI is InChI=1S/C23H22N2O6S/c1-15-7-9-16(10-8-15)14-24-22(26)18-5-3-4-6-19(18)25-32(29,30)21-13-17(23(27)28)11-12-20(21)31-2/h3-13,25H,14H2,1-2H3,(H,24,26)(H,27,28). The SMILES string of the molecule is COc1ccc(C(=O)O)cc1S(=O)(=O)Nc1ccccc1C(=O)NCc1ccc(C)cc1. The molecule has 0 saturated heterocycles. The molecule has 1 amide bonds. The molecule has 0 fully saturated rings. The number of aryl methyl sites for hydroxylation is 1. The van der Waals surface area contributed by atoms with Gasteiger partial charge in [-0.15, -0.1) is 0 Å². The highest BCUT2D eigenvalue weighted by atomic mass is 32.2. The first kappa shape index (κ1) is 22.8. The van der Waals surface area contributed by atoms with Crippen molar-refractivity contribution in [1.82, 2.24) is 5.32 Å². The third kappa shape index (κ3) is 5.25. The first-order valence-corrected chi connectivity index (χ1v) is 11.1. The van der Waals surface area contributed by atoms with E-state index in [1.165, 1.54) is 31.4 Å². The van der Waals surface area contributed by atoms with Crippen LogP contribution in [0.25, 0.3) is 0 Å². The highest BCUT2D eigenvalue weighted by Gasteiger charge is 2.24. The number of sulfonamides is 1. The maximum Gasteiger partial charge on any atom is 0.335 e. The van der Waals surface area contributed by atoms with Gasteiger partial charge in [0.2, 0.25) is 0 Å². The molecule has 3 aromatic rings. The first-order valence-electron chi connectivity index (χ1n) is 9.58. The molecule has 9 heteroatoms. The monoisotopic (exact) mass is 454 g/mol. The fourth-order valence-corrected chi connectivity index (χ4v) is 4.25. The number of carbonyl (C=O) groups excluding carboxylic acids is 1. The number of methoxy groups -OCH3 is 1. The lowest BCUT2D eigenvalue weighted by atomic mass is 10.1. The van der Waals surface area contributed by atoms with E-state index in [0.717, 1.165) is 17.2 Å². The number of nitrogens with one attached hydrogen (secondary N) is 2. The third-order valence-electron chi connectivity index (χ3n) is 4.69. The minimum Gasteiger partial charge on any atom is -0.495 e. The van der Waals surface area contributed by atoms with Crippen molar-refractivity contribution >= 4 is 27.6 Å². The van der Waals surface area contributed by atoms with Crippen molar-refractivity contribution < 1.29 is 27.9 Å². The van der Waals surface area contributed by atoms with E-state index in [4.69, 9.17) is 4.74 Å². The molecule has 0 aliphatic carbocycles. The number of amides is 1. The van der Waals surface area contributed by atoms with Crippen LogP contribution in [0.3, 0.4) is 0 Å². The molecule has 32 heavy (non-hydrogen) atoms. The normalized spacial score (nSPS) is 10.9. The number of benzene rings is 3. The number of para-hydroxylation sites is 1. The maximum atomic E-state index is 13.0. The number of ether oxygens (including phenoxy) is 1. The van der Waals surface area contributed by atoms with Crippen LogP contribution in [0.4, 0.5) is 5.69 Å². The van der Waals surface area contributed by atoms with Crippen molar-refractivity contribution in [2.75, 3.05) is 11.8 Å². The number of carboxylic acid groups (broad SMARTS) is 1. The van der Waals surface area contributed by atoms with Crippen LogP contribution in [0, 0.1) is 6.92 Å². The molecular formula is C23H22N2O6S. The van der Waals surface area contributed by atoms with Crippen LogP contribution in [0.1, 0.15) is 31.8 Å². The lowest BCUT2D eigenvalue weighted by molar-refractivity contribution is 0.0696. The molecule has 0 unspecified atom stereocenters. The van der Waals surface area contributed by atoms with E-state index in [0.29, 0.717) is 0 Å². The van der Waals surface area contributed by atoms with Crippen molar-refractivity contribution in [3.63, 3.8) is 0 Å². The zero-order valence-electron chi connectivity index (χ0n) is 17.5. The summed E-state index contributed by atoms with van der Waals surface area (Å²) in [6, 6.07) is 17.3. The van der Waals surface area contributed by atoms with Gasteiger partial charge in [0, 0.05) is 6.54 Å². The van der Waals surface area contributed by atoms with Crippen LogP contribution in [0.5, 0.6) is 5.75 Å². The van der Waals surface area contributed by atoms with Gasteiger partial charge in [0.25, 0.3) is 15.9 Å². The molecule has 3 aromatic carbocycles. The Labute approximate surface area is 185 Å². The maximum absolute atomic E-state index is 13.0. The second-order valence-electron chi connectivity index (χ2n) is 6.99. The summed E-state index contributed by atoms with van der Waals surface area (Å²) >= 11 is 0. The molecule has 166 valence electrons. The van der Waals surface area contributed by atoms with Crippen LogP contribution in [-0.4, -0.2) is 32.5 Å². The number of anilines is 1. The average Bonchev–Trinajstić information content (AvgIpc) is 2.78. The van der Waals surface area contributed by atoms with Crippen LogP contribution in [0.15, 0.2) is 71.6 Å². The predicted molar refractivity (Wildman–Crippen MR) is 120 cm³/mol. The predicted octanol–water partition coefficient (Wildman–Crippen LogP) is 3.43. The lowest BCUT2D eigenvalue weighted by Crippen LogP contribution is -2.25. The Morgan fingerprint density at radius 1 is 1.00 bits per heavy atom. The Morgan fingerprint density at radius 2 is 1.69 bits per heavy atom. The smallest absolute Gasteiger partial charge is 0.335 e. The minimum atomic E-state index is -4.26. The number of carboxylic acids is 1. The van der Waals surface area contributed by atoms with Crippen molar-refractivity contribution in [3.05, 3.63) is 89.0 Å². The van der Waals surface area contributed by atoms with Crippen molar-refractivity contribution in [1.29, 1.82) is 0 Å². The topological polar surface area (TPSA) is 122 Å². The largest absolute Gasteiger partial charge is 0.495 e. The van der Waals surface area contributed by atoms with Gasteiger partial charge in [0.15, 0.2) is 0 Å². The summed E-state index contributed by atoms with van der Waals surface area (Å²) in [4.78, 5) is 23.7. The van der Waals surface area contributed by atoms with E-state index in [1.54, 1.807) is 12.1 Å². The molecule has 3 rings (SSSR count). The highest BCUT2D eigenvalue weighted by Crippen LogP contribution is 2.28. The summed E-state index contributed by atoms with van der Waals surface area (Å²) in [7, 11) is -2.98. The van der Waals surface area contributed by atoms with Crippen molar-refractivity contribution in [3.8, 4) is 5.75 Å². The van der Waals surface area contributed by atoms with E-state index in [1.807, 2.05) is 31.2 Å². The fraction of sp³-hybridized carbons (Fsp3) is 0.130. The summed E-state index contributed by atoms with van der Waals surface area (Å²) in [6.45, 7) is 2.24. The zero-order chi connectivity index (χ0) is 23.3. The summed E-state index contributed by atoms with van der Waals surface area (Å²) in [5.41, 5.74) is 1.96. The van der Waals surface area contributed by atoms with Crippen LogP contribution < -0.4 is 14.8 Å². The Kier molecular flexibility index (Phi) is 6.79. The molecular weight excluding hydrogens is 432 g/mol. The molecule has 0 atom stereocenters. The number of aromatic carboxylic acids is 1. The molecule has 0 radical (unpaired) electrons. The third-order valence-corrected chi connectivity index (χ3v) is 6.08. The highest BCUT2D eigenvalue weighted by molar-refractivity contribution is 7.92. The Morgan fingerprint density at radius 3 is 2.34 bits per heavy atom. The van der Waals surface area contributed by atoms with Crippen molar-refractivity contribution in [2.45, 2.75) is 18.4 Å². The second-order valence-corrected chi connectivity index (χ2v) is 8.64. The van der Waals surface area contributed by atoms with Crippen LogP contribution in [0.2, 0.25) is 0 Å². The molecule has 0 saturated carbocycles. The second kappa shape index (κ2) is 9.52. The quantitative estimate of drug-likeness (QED) is 0.479. The molecule has 0 aromatic heterocycles. The van der Waals surface area contributed by atoms with Crippen molar-refractivity contribution in [2.24, 2.45) is 0 Å². The summed E-state index contributed by atoms with van der Waals surface area (Å²) < 4.78 is 33.5. The van der Waals surface area contributed by atoms with Gasteiger partial charge < -0.3 is 15.2 Å². The van der Waals surface area contributed by atoms with Gasteiger partial charge >= 0.3 is 5.97 Å². The number of hydrogen-bond donors (Lipinski definition) is 3. The Bertz CT molecular complexity index is 1250. The molecule has 0 aliphatic heterocycles. The number of rotatable bonds is 8. The van der Waals surface area contributed by atoms with E-state index in [2.05, 4.69) is 10.0 Å².